The molecular weight excluding hydrogens is 304 g/mol. The van der Waals surface area contributed by atoms with Crippen LogP contribution in [0.5, 0.6) is 0 Å². The zero-order valence-corrected chi connectivity index (χ0v) is 12.5. The molecule has 19 heavy (non-hydrogen) atoms. The molecule has 0 saturated carbocycles. The zero-order chi connectivity index (χ0) is 13.7. The third-order valence-electron chi connectivity index (χ3n) is 2.57. The van der Waals surface area contributed by atoms with Gasteiger partial charge in [-0.2, -0.15) is 0 Å². The number of benzene rings is 1. The molecular formula is C15H17BrN2O. The number of para-hydroxylation sites is 1. The highest BCUT2D eigenvalue weighted by Gasteiger charge is 2.01. The van der Waals surface area contributed by atoms with Crippen LogP contribution in [0.4, 0.5) is 5.82 Å². The van der Waals surface area contributed by atoms with Crippen LogP contribution < -0.4 is 5.32 Å². The van der Waals surface area contributed by atoms with Crippen molar-refractivity contribution >= 4 is 32.7 Å². The average Bonchev–Trinajstić information content (AvgIpc) is 2.39. The van der Waals surface area contributed by atoms with Crippen molar-refractivity contribution < 1.29 is 4.74 Å². The first-order valence-corrected chi connectivity index (χ1v) is 6.97. The topological polar surface area (TPSA) is 34.1 Å². The molecule has 0 saturated heterocycles. The van der Waals surface area contributed by atoms with E-state index in [4.69, 9.17) is 4.74 Å². The fourth-order valence-electron chi connectivity index (χ4n) is 1.71. The van der Waals surface area contributed by atoms with E-state index >= 15 is 0 Å². The number of ether oxygens (including phenoxy) is 1. The van der Waals surface area contributed by atoms with Gasteiger partial charge in [-0.15, -0.1) is 0 Å². The average molecular weight is 321 g/mol. The van der Waals surface area contributed by atoms with E-state index in [1.165, 1.54) is 0 Å². The number of fused-ring (bicyclic) bond motifs is 1. The lowest BCUT2D eigenvalue weighted by atomic mass is 10.2. The quantitative estimate of drug-likeness (QED) is 0.645. The molecule has 1 aromatic heterocycles. The smallest absolute Gasteiger partial charge is 0.126 e. The van der Waals surface area contributed by atoms with E-state index in [1.54, 1.807) is 0 Å². The van der Waals surface area contributed by atoms with Crippen LogP contribution in [0, 0.1) is 0 Å². The molecule has 0 fully saturated rings. The summed E-state index contributed by atoms with van der Waals surface area (Å²) in [5.41, 5.74) is 2.00. The summed E-state index contributed by atoms with van der Waals surface area (Å²) in [6, 6.07) is 10.1. The lowest BCUT2D eigenvalue weighted by Gasteiger charge is -2.08. The minimum absolute atomic E-state index is 0.610. The molecule has 0 aliphatic rings. The molecule has 100 valence electrons. The standard InChI is InChI=1S/C15H17BrN2O/c1-11(2)10-19-9-8-17-14-7-6-12-4-3-5-13(16)15(12)18-14/h3-7H,1,8-10H2,2H3,(H,17,18). The third-order valence-corrected chi connectivity index (χ3v) is 3.21. The lowest BCUT2D eigenvalue weighted by Crippen LogP contribution is -2.11. The molecule has 1 N–H and O–H groups in total. The molecule has 0 atom stereocenters. The fraction of sp³-hybridized carbons (Fsp3) is 0.267. The van der Waals surface area contributed by atoms with E-state index in [0.717, 1.165) is 33.3 Å². The highest BCUT2D eigenvalue weighted by molar-refractivity contribution is 9.10. The van der Waals surface area contributed by atoms with Gasteiger partial charge in [0.05, 0.1) is 18.7 Å². The molecule has 0 spiro atoms. The van der Waals surface area contributed by atoms with Gasteiger partial charge in [0, 0.05) is 16.4 Å². The predicted molar refractivity (Wildman–Crippen MR) is 83.6 cm³/mol. The van der Waals surface area contributed by atoms with Crippen molar-refractivity contribution in [1.29, 1.82) is 0 Å². The molecule has 0 unspecified atom stereocenters. The second-order valence-electron chi connectivity index (χ2n) is 4.44. The van der Waals surface area contributed by atoms with Crippen LogP contribution in [0.3, 0.4) is 0 Å². The Morgan fingerprint density at radius 3 is 3.00 bits per heavy atom. The van der Waals surface area contributed by atoms with E-state index in [-0.39, 0.29) is 0 Å². The highest BCUT2D eigenvalue weighted by Crippen LogP contribution is 2.23. The minimum atomic E-state index is 0.610. The summed E-state index contributed by atoms with van der Waals surface area (Å²) >= 11 is 3.52. The van der Waals surface area contributed by atoms with E-state index in [9.17, 15) is 0 Å². The molecule has 0 aliphatic carbocycles. The van der Waals surface area contributed by atoms with E-state index in [2.05, 4.69) is 38.9 Å². The Balaban J connectivity index is 1.94. The summed E-state index contributed by atoms with van der Waals surface area (Å²) in [7, 11) is 0. The van der Waals surface area contributed by atoms with Crippen LogP contribution in [0.15, 0.2) is 47.0 Å². The van der Waals surface area contributed by atoms with E-state index < -0.39 is 0 Å². The molecule has 2 rings (SSSR count). The van der Waals surface area contributed by atoms with Crippen molar-refractivity contribution in [3.8, 4) is 0 Å². The molecule has 2 aromatic rings. The van der Waals surface area contributed by atoms with Crippen LogP contribution >= 0.6 is 15.9 Å². The first kappa shape index (κ1) is 14.0. The van der Waals surface area contributed by atoms with Crippen molar-refractivity contribution in [2.24, 2.45) is 0 Å². The molecule has 0 radical (unpaired) electrons. The second kappa shape index (κ2) is 6.68. The second-order valence-corrected chi connectivity index (χ2v) is 5.30. The summed E-state index contributed by atoms with van der Waals surface area (Å²) in [4.78, 5) is 4.58. The highest BCUT2D eigenvalue weighted by atomic mass is 79.9. The van der Waals surface area contributed by atoms with Gasteiger partial charge in [-0.05, 0) is 41.1 Å². The maximum Gasteiger partial charge on any atom is 0.126 e. The van der Waals surface area contributed by atoms with Gasteiger partial charge in [0.1, 0.15) is 5.82 Å². The number of halogens is 1. The first-order chi connectivity index (χ1) is 9.16. The number of aromatic nitrogens is 1. The molecule has 3 nitrogen and oxygen atoms in total. The van der Waals surface area contributed by atoms with Gasteiger partial charge >= 0.3 is 0 Å². The molecule has 0 amide bonds. The Bertz CT molecular complexity index is 583. The van der Waals surface area contributed by atoms with Crippen molar-refractivity contribution in [1.82, 2.24) is 4.98 Å². The van der Waals surface area contributed by atoms with E-state index in [0.29, 0.717) is 13.2 Å². The predicted octanol–water partition coefficient (Wildman–Crippen LogP) is 4.00. The number of nitrogens with zero attached hydrogens (tertiary/aromatic N) is 1. The number of pyridine rings is 1. The van der Waals surface area contributed by atoms with Crippen LogP contribution in [0.1, 0.15) is 6.92 Å². The monoisotopic (exact) mass is 320 g/mol. The summed E-state index contributed by atoms with van der Waals surface area (Å²) in [6.45, 7) is 7.73. The lowest BCUT2D eigenvalue weighted by molar-refractivity contribution is 0.167. The Hall–Kier alpha value is -1.39. The molecule has 1 aromatic carbocycles. The SMILES string of the molecule is C=C(C)COCCNc1ccc2cccc(Br)c2n1. The molecule has 1 heterocycles. The first-order valence-electron chi connectivity index (χ1n) is 6.18. The van der Waals surface area contributed by atoms with Gasteiger partial charge in [-0.3, -0.25) is 0 Å². The van der Waals surface area contributed by atoms with Crippen LogP contribution in [0.25, 0.3) is 10.9 Å². The number of nitrogens with one attached hydrogen (secondary N) is 1. The van der Waals surface area contributed by atoms with Crippen molar-refractivity contribution in [2.45, 2.75) is 6.92 Å². The number of hydrogen-bond donors (Lipinski definition) is 1. The minimum Gasteiger partial charge on any atom is -0.375 e. The zero-order valence-electron chi connectivity index (χ0n) is 10.9. The maximum absolute atomic E-state index is 5.43. The van der Waals surface area contributed by atoms with Crippen LogP contribution in [-0.2, 0) is 4.74 Å². The Labute approximate surface area is 121 Å². The van der Waals surface area contributed by atoms with Crippen LogP contribution in [-0.4, -0.2) is 24.7 Å². The summed E-state index contributed by atoms with van der Waals surface area (Å²) < 4.78 is 6.44. The molecule has 4 heteroatoms. The molecule has 0 bridgehead atoms. The maximum atomic E-state index is 5.43. The van der Waals surface area contributed by atoms with Crippen molar-refractivity contribution in [3.63, 3.8) is 0 Å². The Kier molecular flexibility index (Phi) is 4.93. The van der Waals surface area contributed by atoms with Gasteiger partial charge in [0.25, 0.3) is 0 Å². The number of rotatable bonds is 6. The van der Waals surface area contributed by atoms with Gasteiger partial charge in [-0.25, -0.2) is 4.98 Å². The Morgan fingerprint density at radius 1 is 1.37 bits per heavy atom. The van der Waals surface area contributed by atoms with Gasteiger partial charge in [-0.1, -0.05) is 24.3 Å². The largest absolute Gasteiger partial charge is 0.375 e. The number of anilines is 1. The van der Waals surface area contributed by atoms with Gasteiger partial charge < -0.3 is 10.1 Å². The van der Waals surface area contributed by atoms with Crippen molar-refractivity contribution in [3.05, 3.63) is 47.0 Å². The number of hydrogen-bond acceptors (Lipinski definition) is 3. The summed E-state index contributed by atoms with van der Waals surface area (Å²) in [5.74, 6) is 0.860. The van der Waals surface area contributed by atoms with E-state index in [1.807, 2.05) is 31.2 Å². The van der Waals surface area contributed by atoms with Crippen LogP contribution in [0.2, 0.25) is 0 Å². The molecule has 0 aliphatic heterocycles. The van der Waals surface area contributed by atoms with Gasteiger partial charge in [0.2, 0.25) is 0 Å². The summed E-state index contributed by atoms with van der Waals surface area (Å²) in [5, 5.41) is 4.37. The Morgan fingerprint density at radius 2 is 2.21 bits per heavy atom. The third kappa shape index (κ3) is 4.04. The van der Waals surface area contributed by atoms with Gasteiger partial charge in [0.15, 0.2) is 0 Å². The normalized spacial score (nSPS) is 10.6. The summed E-state index contributed by atoms with van der Waals surface area (Å²) in [6.07, 6.45) is 0. The van der Waals surface area contributed by atoms with Crippen molar-refractivity contribution in [2.75, 3.05) is 25.1 Å². The fourth-order valence-corrected chi connectivity index (χ4v) is 2.18.